The zero-order valence-electron chi connectivity index (χ0n) is 29.6. The molecule has 0 bridgehead atoms. The van der Waals surface area contributed by atoms with Gasteiger partial charge in [-0.1, -0.05) is 12.1 Å². The van der Waals surface area contributed by atoms with Gasteiger partial charge in [0, 0.05) is 5.69 Å². The molecule has 0 aromatic heterocycles. The van der Waals surface area contributed by atoms with Crippen LogP contribution in [-0.2, 0) is 20.2 Å². The summed E-state index contributed by atoms with van der Waals surface area (Å²) in [6.45, 7) is 3.51. The average molecular weight is 811 g/mol. The lowest BCUT2D eigenvalue weighted by Crippen LogP contribution is -2.01. The predicted octanol–water partition coefficient (Wildman–Crippen LogP) is 9.14. The lowest BCUT2D eigenvalue weighted by Gasteiger charge is -2.12. The number of nitrogens with two attached hydrogens (primary N) is 2. The minimum absolute atomic E-state index is 0.113. The molecule has 0 spiro atoms. The Balaban J connectivity index is 1.36. The molecule has 290 valence electrons. The quantitative estimate of drug-likeness (QED) is 0.0387. The van der Waals surface area contributed by atoms with Crippen LogP contribution in [0.15, 0.2) is 131 Å². The minimum atomic E-state index is -5.12. The van der Waals surface area contributed by atoms with E-state index in [0.717, 1.165) is 34.9 Å². The number of carbonyl (C=O) groups is 1. The second-order valence-corrected chi connectivity index (χ2v) is 15.3. The number of hydrogen-bond donors (Lipinski definition) is 7. The van der Waals surface area contributed by atoms with Gasteiger partial charge >= 0.3 is 5.97 Å². The topological polar surface area (TPSA) is 313 Å². The van der Waals surface area contributed by atoms with Crippen molar-refractivity contribution in [1.29, 1.82) is 0 Å². The number of aromatic hydroxyl groups is 2. The highest BCUT2D eigenvalue weighted by Crippen LogP contribution is 2.47. The molecule has 0 heterocycles. The van der Waals surface area contributed by atoms with Crippen molar-refractivity contribution in [3.8, 4) is 22.6 Å². The number of nitrogen functional groups attached to an aromatic ring is 2. The van der Waals surface area contributed by atoms with E-state index in [0.29, 0.717) is 16.9 Å². The summed E-state index contributed by atoms with van der Waals surface area (Å²) in [6.07, 6.45) is 0. The number of rotatable bonds is 10. The Hall–Kier alpha value is -7.13. The Labute approximate surface area is 323 Å². The average Bonchev–Trinajstić information content (AvgIpc) is 3.13. The van der Waals surface area contributed by atoms with Crippen molar-refractivity contribution in [3.05, 3.63) is 108 Å². The van der Waals surface area contributed by atoms with E-state index in [1.165, 1.54) is 36.4 Å². The van der Waals surface area contributed by atoms with Crippen molar-refractivity contribution in [2.24, 2.45) is 30.7 Å². The monoisotopic (exact) mass is 810 g/mol. The minimum Gasteiger partial charge on any atom is -0.507 e. The van der Waals surface area contributed by atoms with Crippen LogP contribution in [0.3, 0.4) is 0 Å². The zero-order chi connectivity index (χ0) is 41.4. The normalized spacial score (nSPS) is 12.4. The van der Waals surface area contributed by atoms with Crippen LogP contribution in [0.1, 0.15) is 21.5 Å². The van der Waals surface area contributed by atoms with Crippen molar-refractivity contribution < 1.29 is 46.1 Å². The smallest absolute Gasteiger partial charge is 0.339 e. The summed E-state index contributed by atoms with van der Waals surface area (Å²) < 4.78 is 69.3. The molecule has 9 N–H and O–H groups in total. The van der Waals surface area contributed by atoms with Crippen LogP contribution in [-0.4, -0.2) is 47.2 Å². The molecule has 0 aliphatic rings. The number of aryl methyl sites for hydroxylation is 2. The number of carboxylic acids is 1. The maximum atomic E-state index is 12.6. The maximum absolute atomic E-state index is 12.6. The van der Waals surface area contributed by atoms with Crippen LogP contribution in [0.2, 0.25) is 0 Å². The van der Waals surface area contributed by atoms with Crippen LogP contribution < -0.4 is 11.5 Å². The van der Waals surface area contributed by atoms with Crippen LogP contribution >= 0.6 is 0 Å². The van der Waals surface area contributed by atoms with E-state index in [1.807, 2.05) is 6.07 Å². The molecule has 0 aliphatic carbocycles. The molecule has 0 unspecified atom stereocenters. The van der Waals surface area contributed by atoms with E-state index < -0.39 is 53.2 Å². The number of phenols is 2. The van der Waals surface area contributed by atoms with Crippen molar-refractivity contribution in [2.75, 3.05) is 11.5 Å². The second-order valence-electron chi connectivity index (χ2n) is 12.5. The van der Waals surface area contributed by atoms with E-state index in [1.54, 1.807) is 44.2 Å². The number of phenolic OH excluding ortho intramolecular Hbond substituents is 1. The third kappa shape index (κ3) is 8.58. The second kappa shape index (κ2) is 15.2. The summed E-state index contributed by atoms with van der Waals surface area (Å²) in [7, 11) is -10.0. The van der Waals surface area contributed by atoms with Crippen LogP contribution in [0.5, 0.6) is 11.5 Å². The Bertz CT molecular complexity index is 2970. The summed E-state index contributed by atoms with van der Waals surface area (Å²) >= 11 is 0. The highest BCUT2D eigenvalue weighted by Gasteiger charge is 2.26. The number of benzene rings is 6. The SMILES string of the molecule is Cc1cc(-c2ccc(N=Nc3c(S(=O)(=O)O)cc4cc(S(=O)(=O)O)cc(N=Nc5ccc(N)cc5N)c4c3O)c(C)c2)ccc1N=Nc1ccc(O)c(C(=O)O)c1. The molecule has 6 aromatic rings. The molecule has 18 nitrogen and oxygen atoms in total. The van der Waals surface area contributed by atoms with Gasteiger partial charge < -0.3 is 26.8 Å². The number of carboxylic acid groups (broad SMARTS) is 1. The molecular formula is C37H30N8O10S2. The third-order valence-electron chi connectivity index (χ3n) is 8.46. The van der Waals surface area contributed by atoms with Crippen molar-refractivity contribution >= 4 is 82.5 Å². The first kappa shape index (κ1) is 39.6. The van der Waals surface area contributed by atoms with Crippen molar-refractivity contribution in [3.63, 3.8) is 0 Å². The summed E-state index contributed by atoms with van der Waals surface area (Å²) in [5.74, 6) is -2.56. The predicted molar refractivity (Wildman–Crippen MR) is 209 cm³/mol. The van der Waals surface area contributed by atoms with Gasteiger partial charge in [-0.05, 0) is 120 Å². The number of hydrogen-bond acceptors (Lipinski definition) is 15. The van der Waals surface area contributed by atoms with E-state index in [2.05, 4.69) is 30.7 Å². The number of nitrogens with zero attached hydrogens (tertiary/aromatic N) is 6. The van der Waals surface area contributed by atoms with E-state index in [9.17, 15) is 46.1 Å². The van der Waals surface area contributed by atoms with Gasteiger partial charge in [0.15, 0.2) is 5.75 Å². The summed E-state index contributed by atoms with van der Waals surface area (Å²) in [4.78, 5) is 9.68. The van der Waals surface area contributed by atoms with Gasteiger partial charge in [0.05, 0.1) is 38.7 Å². The van der Waals surface area contributed by atoms with Gasteiger partial charge in [-0.25, -0.2) is 4.79 Å². The van der Waals surface area contributed by atoms with Gasteiger partial charge in [-0.2, -0.15) is 32.2 Å². The zero-order valence-corrected chi connectivity index (χ0v) is 31.2. The van der Waals surface area contributed by atoms with E-state index >= 15 is 0 Å². The molecule has 0 fully saturated rings. The summed E-state index contributed by atoms with van der Waals surface area (Å²) in [5.41, 5.74) is 14.7. The van der Waals surface area contributed by atoms with Gasteiger partial charge in [0.2, 0.25) is 0 Å². The Morgan fingerprint density at radius 2 is 1.19 bits per heavy atom. The molecule has 0 atom stereocenters. The summed E-state index contributed by atoms with van der Waals surface area (Å²) in [6, 6.07) is 21.1. The molecule has 57 heavy (non-hydrogen) atoms. The summed E-state index contributed by atoms with van der Waals surface area (Å²) in [5, 5.41) is 54.4. The fraction of sp³-hybridized carbons (Fsp3) is 0.0541. The Morgan fingerprint density at radius 3 is 1.75 bits per heavy atom. The first-order valence-corrected chi connectivity index (χ1v) is 19.1. The first-order valence-electron chi connectivity index (χ1n) is 16.3. The molecule has 20 heteroatoms. The molecular weight excluding hydrogens is 781 g/mol. The van der Waals surface area contributed by atoms with Gasteiger partial charge in [0.25, 0.3) is 20.2 Å². The molecule has 6 rings (SSSR count). The van der Waals surface area contributed by atoms with Crippen LogP contribution in [0.4, 0.5) is 45.5 Å². The molecule has 0 saturated carbocycles. The largest absolute Gasteiger partial charge is 0.507 e. The molecule has 6 aromatic carbocycles. The van der Waals surface area contributed by atoms with Crippen molar-refractivity contribution in [2.45, 2.75) is 23.6 Å². The highest BCUT2D eigenvalue weighted by molar-refractivity contribution is 7.86. The lowest BCUT2D eigenvalue weighted by atomic mass is 10.0. The fourth-order valence-corrected chi connectivity index (χ4v) is 6.79. The van der Waals surface area contributed by atoms with Gasteiger partial charge in [-0.3, -0.25) is 9.11 Å². The molecule has 0 aliphatic heterocycles. The van der Waals surface area contributed by atoms with Crippen molar-refractivity contribution in [1.82, 2.24) is 0 Å². The Kier molecular flexibility index (Phi) is 10.5. The fourth-order valence-electron chi connectivity index (χ4n) is 5.60. The highest BCUT2D eigenvalue weighted by atomic mass is 32.2. The molecule has 0 saturated heterocycles. The maximum Gasteiger partial charge on any atom is 0.339 e. The number of aromatic carboxylic acids is 1. The van der Waals surface area contributed by atoms with E-state index in [-0.39, 0.29) is 44.8 Å². The molecule has 0 amide bonds. The number of anilines is 2. The first-order chi connectivity index (χ1) is 26.8. The third-order valence-corrected chi connectivity index (χ3v) is 10.2. The van der Waals surface area contributed by atoms with Gasteiger partial charge in [-0.15, -0.1) is 15.3 Å². The Morgan fingerprint density at radius 1 is 0.614 bits per heavy atom. The number of fused-ring (bicyclic) bond motifs is 1. The van der Waals surface area contributed by atoms with E-state index in [4.69, 9.17) is 11.5 Å². The van der Waals surface area contributed by atoms with Crippen LogP contribution in [0, 0.1) is 13.8 Å². The number of azo groups is 3. The van der Waals surface area contributed by atoms with Crippen LogP contribution in [0.25, 0.3) is 21.9 Å². The van der Waals surface area contributed by atoms with Gasteiger partial charge in [0.1, 0.15) is 27.6 Å². The molecule has 0 radical (unpaired) electrons. The standard InChI is InChI=1S/C37H30N8O10S2/c1-18-11-20(3-7-28(18)41-40-24-6-10-32(46)26(16-24)37(48)49)21-4-8-29(19(2)12-21)42-45-35-33(57(53,54)55)14-22-13-25(56(50,51)52)17-31(34(22)36(35)47)44-43-30-9-5-23(38)15-27(30)39/h3-17,46-47H,38-39H2,1-2H3,(H,48,49)(H,50,51,52)(H,53,54,55). The lowest BCUT2D eigenvalue weighted by molar-refractivity contribution is 0.0693.